The number of nitrogens with zero attached hydrogens (tertiary/aromatic N) is 1. The lowest BCUT2D eigenvalue weighted by molar-refractivity contribution is -0.143. The van der Waals surface area contributed by atoms with Gasteiger partial charge in [0.25, 0.3) is 0 Å². The summed E-state index contributed by atoms with van der Waals surface area (Å²) in [5, 5.41) is 3.74. The van der Waals surface area contributed by atoms with E-state index in [1.54, 1.807) is 0 Å². The van der Waals surface area contributed by atoms with Crippen LogP contribution in [0, 0.1) is 17.6 Å². The fraction of sp³-hybridized carbons (Fsp3) is 0.696. The highest BCUT2D eigenvalue weighted by Gasteiger charge is 2.40. The van der Waals surface area contributed by atoms with Crippen molar-refractivity contribution < 1.29 is 23.1 Å². The number of carbonyl (C=O) groups excluding carboxylic acids is 2. The summed E-state index contributed by atoms with van der Waals surface area (Å²) >= 11 is 6.16. The molecule has 0 aromatic heterocycles. The van der Waals surface area contributed by atoms with Gasteiger partial charge < -0.3 is 15.0 Å². The van der Waals surface area contributed by atoms with Crippen molar-refractivity contribution in [3.8, 4) is 0 Å². The van der Waals surface area contributed by atoms with Gasteiger partial charge in [0, 0.05) is 35.4 Å². The molecule has 0 atom stereocenters. The smallest absolute Gasteiger partial charge is 0.305 e. The number of rotatable bonds is 29. The Balaban J connectivity index is 1.23. The lowest BCUT2D eigenvalue weighted by Crippen LogP contribution is -2.34. The molecule has 2 aromatic rings. The van der Waals surface area contributed by atoms with Crippen LogP contribution < -0.4 is 5.32 Å². The highest BCUT2D eigenvalue weighted by atomic mass is 35.5. The number of hydrogen-bond acceptors (Lipinski definition) is 4. The topological polar surface area (TPSA) is 58.6 Å². The molecule has 2 aromatic carbocycles. The van der Waals surface area contributed by atoms with E-state index in [0.717, 1.165) is 89.4 Å². The van der Waals surface area contributed by atoms with Crippen LogP contribution in [0.1, 0.15) is 173 Å². The molecule has 0 spiro atoms. The molecule has 1 amide bonds. The van der Waals surface area contributed by atoms with E-state index >= 15 is 4.39 Å². The zero-order valence-electron chi connectivity index (χ0n) is 33.7. The van der Waals surface area contributed by atoms with Gasteiger partial charge in [0.05, 0.1) is 6.61 Å². The Morgan fingerprint density at radius 3 is 2.07 bits per heavy atom. The zero-order valence-corrected chi connectivity index (χ0v) is 34.5. The minimum Gasteiger partial charge on any atom is -0.466 e. The Kier molecular flexibility index (Phi) is 23.1. The first-order valence-corrected chi connectivity index (χ1v) is 22.0. The fourth-order valence-electron chi connectivity index (χ4n) is 8.09. The third-order valence-corrected chi connectivity index (χ3v) is 11.7. The summed E-state index contributed by atoms with van der Waals surface area (Å²) in [4.78, 5) is 27.3. The number of unbranched alkanes of at least 4 members (excludes halogenated alkanes) is 12. The van der Waals surface area contributed by atoms with Crippen LogP contribution >= 0.6 is 11.6 Å². The molecule has 0 heterocycles. The molecule has 1 aliphatic carbocycles. The molecule has 1 aliphatic rings. The molecule has 54 heavy (non-hydrogen) atoms. The van der Waals surface area contributed by atoms with Crippen molar-refractivity contribution in [3.05, 3.63) is 70.2 Å². The van der Waals surface area contributed by atoms with Crippen molar-refractivity contribution in [2.24, 2.45) is 5.92 Å². The average Bonchev–Trinajstić information content (AvgIpc) is 3.17. The molecule has 1 saturated carbocycles. The van der Waals surface area contributed by atoms with Gasteiger partial charge in [-0.05, 0) is 132 Å². The van der Waals surface area contributed by atoms with E-state index < -0.39 is 11.2 Å². The Hall–Kier alpha value is -2.51. The molecule has 0 bridgehead atoms. The maximum Gasteiger partial charge on any atom is 0.305 e. The second-order valence-corrected chi connectivity index (χ2v) is 16.2. The second-order valence-electron chi connectivity index (χ2n) is 15.8. The van der Waals surface area contributed by atoms with Crippen LogP contribution in [0.4, 0.5) is 8.78 Å². The van der Waals surface area contributed by atoms with Crippen molar-refractivity contribution >= 4 is 23.5 Å². The second kappa shape index (κ2) is 27.1. The quantitative estimate of drug-likeness (QED) is 0.0661. The summed E-state index contributed by atoms with van der Waals surface area (Å²) in [5.41, 5.74) is 0.769. The predicted molar refractivity (Wildman–Crippen MR) is 220 cm³/mol. The van der Waals surface area contributed by atoms with E-state index in [2.05, 4.69) is 24.1 Å². The highest BCUT2D eigenvalue weighted by molar-refractivity contribution is 6.30. The number of benzene rings is 2. The van der Waals surface area contributed by atoms with E-state index in [4.69, 9.17) is 16.3 Å². The van der Waals surface area contributed by atoms with E-state index in [0.29, 0.717) is 55.3 Å². The van der Waals surface area contributed by atoms with Crippen molar-refractivity contribution in [3.63, 3.8) is 0 Å². The van der Waals surface area contributed by atoms with Gasteiger partial charge in [0.2, 0.25) is 5.91 Å². The lowest BCUT2D eigenvalue weighted by Gasteiger charge is -2.41. The predicted octanol–water partition coefficient (Wildman–Crippen LogP) is 12.5. The van der Waals surface area contributed by atoms with E-state index in [1.807, 2.05) is 24.3 Å². The van der Waals surface area contributed by atoms with E-state index in [1.165, 1.54) is 76.0 Å². The van der Waals surface area contributed by atoms with Crippen LogP contribution in [0.15, 0.2) is 42.5 Å². The number of ether oxygens (including phenoxy) is 1. The first kappa shape index (κ1) is 45.9. The number of carbonyl (C=O) groups is 2. The highest BCUT2D eigenvalue weighted by Crippen LogP contribution is 2.48. The van der Waals surface area contributed by atoms with Crippen molar-refractivity contribution in [2.45, 2.75) is 167 Å². The van der Waals surface area contributed by atoms with Gasteiger partial charge >= 0.3 is 5.97 Å². The standard InChI is InChI=1S/C46H71ClF2N2O3/c1-3-5-7-8-13-18-36-54-45(53)19-14-9-11-16-34-51(33-6-4-2)35-17-12-10-15-32-50-44(52)27-20-38-28-30-46(31-29-38,39-21-23-40(47)24-22-39)42-37-41(48)25-26-43(42)49/h21-26,37-38H,3-20,27-36H2,1-2H3,(H,50,52). The molecule has 5 nitrogen and oxygen atoms in total. The van der Waals surface area contributed by atoms with Crippen LogP contribution in [-0.2, 0) is 19.7 Å². The molecule has 0 aliphatic heterocycles. The maximum atomic E-state index is 15.1. The number of nitrogens with one attached hydrogen (secondary N) is 1. The van der Waals surface area contributed by atoms with Crippen molar-refractivity contribution in [1.29, 1.82) is 0 Å². The summed E-state index contributed by atoms with van der Waals surface area (Å²) < 4.78 is 34.8. The van der Waals surface area contributed by atoms with Crippen LogP contribution in [0.5, 0.6) is 0 Å². The van der Waals surface area contributed by atoms with Gasteiger partial charge in [-0.3, -0.25) is 9.59 Å². The third kappa shape index (κ3) is 17.5. The number of amides is 1. The zero-order chi connectivity index (χ0) is 38.9. The Labute approximate surface area is 331 Å². The summed E-state index contributed by atoms with van der Waals surface area (Å²) in [6.07, 6.45) is 23.5. The van der Waals surface area contributed by atoms with Crippen molar-refractivity contribution in [1.82, 2.24) is 10.2 Å². The monoisotopic (exact) mass is 773 g/mol. The SMILES string of the molecule is CCCCCCCCOC(=O)CCCCCCN(CCCC)CCCCCCNC(=O)CCC1CCC(c2ccc(Cl)cc2)(c2cc(F)ccc2F)CC1. The first-order valence-electron chi connectivity index (χ1n) is 21.6. The minimum atomic E-state index is -0.604. The van der Waals surface area contributed by atoms with Crippen LogP contribution in [0.3, 0.4) is 0 Å². The first-order chi connectivity index (χ1) is 26.3. The Morgan fingerprint density at radius 1 is 0.759 bits per heavy atom. The van der Waals surface area contributed by atoms with Gasteiger partial charge in [-0.2, -0.15) is 0 Å². The Morgan fingerprint density at radius 2 is 1.37 bits per heavy atom. The minimum absolute atomic E-state index is 0.0334. The molecule has 304 valence electrons. The molecule has 1 N–H and O–H groups in total. The average molecular weight is 774 g/mol. The molecule has 8 heteroatoms. The molecular weight excluding hydrogens is 702 g/mol. The number of halogens is 3. The fourth-order valence-corrected chi connectivity index (χ4v) is 8.21. The van der Waals surface area contributed by atoms with Gasteiger partial charge in [-0.15, -0.1) is 0 Å². The summed E-state index contributed by atoms with van der Waals surface area (Å²) in [6, 6.07) is 11.3. The molecule has 0 radical (unpaired) electrons. The molecular formula is C46H71ClF2N2O3. The largest absolute Gasteiger partial charge is 0.466 e. The molecule has 0 unspecified atom stereocenters. The molecule has 0 saturated heterocycles. The van der Waals surface area contributed by atoms with E-state index in [-0.39, 0.29) is 17.7 Å². The van der Waals surface area contributed by atoms with Crippen molar-refractivity contribution in [2.75, 3.05) is 32.8 Å². The summed E-state index contributed by atoms with van der Waals surface area (Å²) in [6.45, 7) is 9.18. The number of hydrogen-bond donors (Lipinski definition) is 1. The normalized spacial score (nSPS) is 17.2. The molecule has 3 rings (SSSR count). The summed E-state index contributed by atoms with van der Waals surface area (Å²) in [5.74, 6) is -0.353. The summed E-state index contributed by atoms with van der Waals surface area (Å²) in [7, 11) is 0. The van der Waals surface area contributed by atoms with Gasteiger partial charge in [0.15, 0.2) is 0 Å². The van der Waals surface area contributed by atoms with Gasteiger partial charge in [-0.1, -0.05) is 102 Å². The third-order valence-electron chi connectivity index (χ3n) is 11.5. The van der Waals surface area contributed by atoms with Crippen LogP contribution in [0.25, 0.3) is 0 Å². The van der Waals surface area contributed by atoms with Gasteiger partial charge in [-0.25, -0.2) is 8.78 Å². The maximum absolute atomic E-state index is 15.1. The number of esters is 1. The molecule has 1 fully saturated rings. The lowest BCUT2D eigenvalue weighted by atomic mass is 9.62. The van der Waals surface area contributed by atoms with Gasteiger partial charge in [0.1, 0.15) is 11.6 Å². The van der Waals surface area contributed by atoms with Crippen LogP contribution in [-0.4, -0.2) is 49.6 Å². The Bertz CT molecular complexity index is 1320. The van der Waals surface area contributed by atoms with Crippen LogP contribution in [0.2, 0.25) is 5.02 Å². The van der Waals surface area contributed by atoms with E-state index in [9.17, 15) is 14.0 Å².